The maximum absolute atomic E-state index is 12.8. The Morgan fingerprint density at radius 1 is 1.10 bits per heavy atom. The molecule has 0 spiro atoms. The maximum atomic E-state index is 12.8. The molecule has 3 rings (SSSR count). The number of nitrogens with two attached hydrogens (primary N) is 1. The quantitative estimate of drug-likeness (QED) is 0.587. The Bertz CT molecular complexity index is 1130. The number of amides is 2. The lowest BCUT2D eigenvalue weighted by atomic mass is 10.2. The molecule has 3 aromatic rings. The molecule has 0 saturated carbocycles. The van der Waals surface area contributed by atoms with Crippen LogP contribution in [0.5, 0.6) is 0 Å². The molecule has 1 atom stereocenters. The number of ether oxygens (including phenoxy) is 1. The zero-order valence-corrected chi connectivity index (χ0v) is 18.0. The smallest absolute Gasteiger partial charge is 0.340 e. The van der Waals surface area contributed by atoms with E-state index >= 15 is 0 Å². The summed E-state index contributed by atoms with van der Waals surface area (Å²) in [5.41, 5.74) is 9.57. The Labute approximate surface area is 178 Å². The second-order valence-electron chi connectivity index (χ2n) is 6.97. The van der Waals surface area contributed by atoms with Crippen LogP contribution < -0.4 is 11.1 Å². The summed E-state index contributed by atoms with van der Waals surface area (Å²) in [4.78, 5) is 36.6. The first-order valence-corrected chi connectivity index (χ1v) is 10.2. The molecule has 8 heteroatoms. The zero-order chi connectivity index (χ0) is 22.0. The monoisotopic (exact) mass is 425 g/mol. The Morgan fingerprint density at radius 2 is 1.80 bits per heavy atom. The molecular weight excluding hydrogens is 402 g/mol. The highest BCUT2D eigenvalue weighted by atomic mass is 32.1. The van der Waals surface area contributed by atoms with Crippen molar-refractivity contribution >= 4 is 34.1 Å². The first-order chi connectivity index (χ1) is 14.2. The first-order valence-electron chi connectivity index (χ1n) is 9.34. The fraction of sp³-hybridized carbons (Fsp3) is 0.227. The van der Waals surface area contributed by atoms with Gasteiger partial charge in [-0.3, -0.25) is 9.59 Å². The number of nitrogens with one attached hydrogen (secondary N) is 1. The molecule has 2 heterocycles. The zero-order valence-electron chi connectivity index (χ0n) is 17.2. The number of thiophene rings is 1. The van der Waals surface area contributed by atoms with Crippen molar-refractivity contribution in [1.82, 2.24) is 4.57 Å². The fourth-order valence-electron chi connectivity index (χ4n) is 3.25. The molecular formula is C22H23N3O4S. The molecule has 1 unspecified atom stereocenters. The molecule has 0 saturated heterocycles. The largest absolute Gasteiger partial charge is 0.449 e. The number of esters is 1. The van der Waals surface area contributed by atoms with Gasteiger partial charge in [0.15, 0.2) is 6.10 Å². The van der Waals surface area contributed by atoms with Crippen LogP contribution in [0.4, 0.5) is 5.00 Å². The topological polar surface area (TPSA) is 103 Å². The van der Waals surface area contributed by atoms with Gasteiger partial charge in [0, 0.05) is 17.1 Å². The minimum absolute atomic E-state index is 0.216. The predicted molar refractivity (Wildman–Crippen MR) is 116 cm³/mol. The Kier molecular flexibility index (Phi) is 6.07. The van der Waals surface area contributed by atoms with Crippen molar-refractivity contribution < 1.29 is 19.1 Å². The minimum atomic E-state index is -1.05. The summed E-state index contributed by atoms with van der Waals surface area (Å²) < 4.78 is 7.37. The van der Waals surface area contributed by atoms with Crippen molar-refractivity contribution in [2.45, 2.75) is 33.8 Å². The molecule has 1 aromatic carbocycles. The van der Waals surface area contributed by atoms with Gasteiger partial charge >= 0.3 is 5.97 Å². The van der Waals surface area contributed by atoms with Crippen LogP contribution in [0.1, 0.15) is 44.6 Å². The van der Waals surface area contributed by atoms with Crippen LogP contribution in [0.15, 0.2) is 41.8 Å². The van der Waals surface area contributed by atoms with E-state index in [1.165, 1.54) is 24.3 Å². The summed E-state index contributed by atoms with van der Waals surface area (Å²) in [6, 6.07) is 11.2. The molecule has 7 nitrogen and oxygen atoms in total. The van der Waals surface area contributed by atoms with Gasteiger partial charge in [-0.1, -0.05) is 18.2 Å². The van der Waals surface area contributed by atoms with Crippen LogP contribution in [0.25, 0.3) is 5.69 Å². The Morgan fingerprint density at radius 3 is 2.47 bits per heavy atom. The molecule has 30 heavy (non-hydrogen) atoms. The number of carbonyl (C=O) groups is 3. The van der Waals surface area contributed by atoms with Crippen LogP contribution >= 0.6 is 11.3 Å². The molecule has 0 bridgehead atoms. The van der Waals surface area contributed by atoms with E-state index in [4.69, 9.17) is 10.5 Å². The van der Waals surface area contributed by atoms with Gasteiger partial charge in [-0.2, -0.15) is 0 Å². The van der Waals surface area contributed by atoms with Gasteiger partial charge in [-0.05, 0) is 56.8 Å². The summed E-state index contributed by atoms with van der Waals surface area (Å²) >= 11 is 1.17. The van der Waals surface area contributed by atoms with Crippen molar-refractivity contribution in [3.05, 3.63) is 69.9 Å². The average molecular weight is 426 g/mol. The lowest BCUT2D eigenvalue weighted by Crippen LogP contribution is -2.30. The third-order valence-corrected chi connectivity index (χ3v) is 5.66. The van der Waals surface area contributed by atoms with E-state index in [0.717, 1.165) is 22.6 Å². The molecule has 0 aliphatic rings. The fourth-order valence-corrected chi connectivity index (χ4v) is 4.04. The highest BCUT2D eigenvalue weighted by molar-refractivity contribution is 7.14. The van der Waals surface area contributed by atoms with Crippen molar-refractivity contribution in [3.63, 3.8) is 0 Å². The number of primary amides is 1. The van der Waals surface area contributed by atoms with E-state index in [2.05, 4.69) is 5.32 Å². The normalized spacial score (nSPS) is 11.7. The van der Waals surface area contributed by atoms with Gasteiger partial charge in [-0.15, -0.1) is 11.3 Å². The van der Waals surface area contributed by atoms with E-state index in [0.29, 0.717) is 10.6 Å². The van der Waals surface area contributed by atoms with Crippen molar-refractivity contribution in [3.8, 4) is 5.69 Å². The molecule has 156 valence electrons. The molecule has 0 aliphatic heterocycles. The number of hydrogen-bond donors (Lipinski definition) is 2. The second-order valence-corrected chi connectivity index (χ2v) is 7.89. The average Bonchev–Trinajstić information content (AvgIpc) is 3.26. The van der Waals surface area contributed by atoms with Crippen LogP contribution in [0.3, 0.4) is 0 Å². The van der Waals surface area contributed by atoms with E-state index < -0.39 is 23.9 Å². The van der Waals surface area contributed by atoms with Gasteiger partial charge in [-0.25, -0.2) is 4.79 Å². The third-order valence-electron chi connectivity index (χ3n) is 4.83. The summed E-state index contributed by atoms with van der Waals surface area (Å²) in [6.45, 7) is 7.23. The lowest BCUT2D eigenvalue weighted by molar-refractivity contribution is -0.123. The predicted octanol–water partition coefficient (Wildman–Crippen LogP) is 3.75. The number of benzene rings is 1. The first kappa shape index (κ1) is 21.3. The lowest BCUT2D eigenvalue weighted by Gasteiger charge is -2.14. The van der Waals surface area contributed by atoms with Crippen LogP contribution in [0.2, 0.25) is 0 Å². The SMILES string of the molecule is Cc1ccccc1-n1c(C)cc(C(=O)OC(C)C(=O)Nc2sccc2C(N)=O)c1C. The molecule has 0 fully saturated rings. The number of rotatable bonds is 6. The number of nitrogens with zero attached hydrogens (tertiary/aromatic N) is 1. The van der Waals surface area contributed by atoms with E-state index in [1.54, 1.807) is 11.4 Å². The molecule has 2 aromatic heterocycles. The van der Waals surface area contributed by atoms with Crippen LogP contribution in [0, 0.1) is 20.8 Å². The highest BCUT2D eigenvalue weighted by Gasteiger charge is 2.24. The summed E-state index contributed by atoms with van der Waals surface area (Å²) in [5, 5.41) is 4.56. The van der Waals surface area contributed by atoms with Crippen LogP contribution in [-0.2, 0) is 9.53 Å². The van der Waals surface area contributed by atoms with E-state index in [9.17, 15) is 14.4 Å². The second kappa shape index (κ2) is 8.54. The van der Waals surface area contributed by atoms with Crippen molar-refractivity contribution in [2.75, 3.05) is 5.32 Å². The Hall–Kier alpha value is -3.39. The van der Waals surface area contributed by atoms with E-state index in [1.807, 2.05) is 49.6 Å². The Balaban J connectivity index is 1.77. The summed E-state index contributed by atoms with van der Waals surface area (Å²) in [7, 11) is 0. The van der Waals surface area contributed by atoms with Gasteiger partial charge in [0.05, 0.1) is 11.1 Å². The molecule has 0 aliphatic carbocycles. The molecule has 2 amide bonds. The van der Waals surface area contributed by atoms with Crippen molar-refractivity contribution in [2.24, 2.45) is 5.73 Å². The van der Waals surface area contributed by atoms with Gasteiger partial charge in [0.25, 0.3) is 11.8 Å². The van der Waals surface area contributed by atoms with Gasteiger partial charge in [0.1, 0.15) is 5.00 Å². The highest BCUT2D eigenvalue weighted by Crippen LogP contribution is 2.25. The maximum Gasteiger partial charge on any atom is 0.340 e. The van der Waals surface area contributed by atoms with Crippen LogP contribution in [-0.4, -0.2) is 28.5 Å². The number of aromatic nitrogens is 1. The summed E-state index contributed by atoms with van der Waals surface area (Å²) in [5.74, 6) is -1.77. The molecule has 0 radical (unpaired) electrons. The number of para-hydroxylation sites is 1. The van der Waals surface area contributed by atoms with Crippen molar-refractivity contribution in [1.29, 1.82) is 0 Å². The number of aryl methyl sites for hydroxylation is 2. The minimum Gasteiger partial charge on any atom is -0.449 e. The number of hydrogen-bond acceptors (Lipinski definition) is 5. The third kappa shape index (κ3) is 4.13. The van der Waals surface area contributed by atoms with Gasteiger partial charge < -0.3 is 20.4 Å². The summed E-state index contributed by atoms with van der Waals surface area (Å²) in [6.07, 6.45) is -1.05. The number of anilines is 1. The molecule has 3 N–H and O–H groups in total. The number of carbonyl (C=O) groups excluding carboxylic acids is 3. The standard InChI is InChI=1S/C22H23N3O4S/c1-12-7-5-6-8-18(12)25-13(2)11-17(14(25)3)22(28)29-15(4)20(27)24-21-16(19(23)26)9-10-30-21/h5-11,15H,1-4H3,(H2,23,26)(H,24,27). The van der Waals surface area contributed by atoms with E-state index in [-0.39, 0.29) is 5.56 Å². The van der Waals surface area contributed by atoms with Gasteiger partial charge in [0.2, 0.25) is 0 Å².